The zero-order valence-corrected chi connectivity index (χ0v) is 12.8. The van der Waals surface area contributed by atoms with E-state index in [4.69, 9.17) is 9.84 Å². The van der Waals surface area contributed by atoms with E-state index in [0.29, 0.717) is 13.2 Å². The number of carboxylic acid groups (broad SMARTS) is 1. The molecule has 0 atom stereocenters. The highest BCUT2D eigenvalue weighted by Gasteiger charge is 2.16. The predicted octanol–water partition coefficient (Wildman–Crippen LogP) is 1.75. The third kappa shape index (κ3) is 5.58. The topological polar surface area (TPSA) is 78.9 Å². The Morgan fingerprint density at radius 3 is 2.84 bits per heavy atom. The molecular formula is C11H15BrN2O4S. The van der Waals surface area contributed by atoms with Crippen molar-refractivity contribution in [2.75, 3.05) is 26.8 Å². The quantitative estimate of drug-likeness (QED) is 0.785. The van der Waals surface area contributed by atoms with Gasteiger partial charge in [-0.05, 0) is 27.4 Å². The van der Waals surface area contributed by atoms with E-state index >= 15 is 0 Å². The molecule has 0 aliphatic carbocycles. The van der Waals surface area contributed by atoms with Crippen LogP contribution >= 0.6 is 27.3 Å². The molecule has 1 aromatic heterocycles. The van der Waals surface area contributed by atoms with E-state index in [0.717, 1.165) is 9.35 Å². The minimum absolute atomic E-state index is 0.236. The first kappa shape index (κ1) is 15.9. The van der Waals surface area contributed by atoms with Crippen LogP contribution in [0.4, 0.5) is 4.79 Å². The van der Waals surface area contributed by atoms with Gasteiger partial charge >= 0.3 is 12.0 Å². The highest BCUT2D eigenvalue weighted by molar-refractivity contribution is 9.10. The Morgan fingerprint density at radius 1 is 1.58 bits per heavy atom. The van der Waals surface area contributed by atoms with E-state index in [1.807, 2.05) is 11.4 Å². The molecule has 0 spiro atoms. The summed E-state index contributed by atoms with van der Waals surface area (Å²) >= 11 is 4.88. The zero-order chi connectivity index (χ0) is 14.3. The molecule has 0 radical (unpaired) electrons. The van der Waals surface area contributed by atoms with Gasteiger partial charge in [-0.1, -0.05) is 0 Å². The molecule has 1 heterocycles. The standard InChI is InChI=1S/C11H15BrN2O4S/c1-18-4-3-14(7-10(15)16)11(17)13-6-9-8(12)2-5-19-9/h2,5H,3-4,6-7H2,1H3,(H,13,17)(H,15,16). The van der Waals surface area contributed by atoms with Gasteiger partial charge in [-0.25, -0.2) is 4.79 Å². The third-order valence-corrected chi connectivity index (χ3v) is 4.20. The van der Waals surface area contributed by atoms with Crippen molar-refractivity contribution >= 4 is 39.3 Å². The third-order valence-electron chi connectivity index (χ3n) is 2.27. The van der Waals surface area contributed by atoms with E-state index in [9.17, 15) is 9.59 Å². The van der Waals surface area contributed by atoms with E-state index in [2.05, 4.69) is 21.2 Å². The Balaban J connectivity index is 2.51. The van der Waals surface area contributed by atoms with Crippen molar-refractivity contribution in [1.29, 1.82) is 0 Å². The molecule has 0 aliphatic heterocycles. The number of urea groups is 1. The number of rotatable bonds is 7. The van der Waals surface area contributed by atoms with Gasteiger partial charge in [0.15, 0.2) is 0 Å². The molecule has 0 saturated heterocycles. The van der Waals surface area contributed by atoms with Crippen LogP contribution in [-0.4, -0.2) is 48.8 Å². The second-order valence-corrected chi connectivity index (χ2v) is 5.51. The maximum absolute atomic E-state index is 11.9. The molecule has 2 amide bonds. The van der Waals surface area contributed by atoms with Crippen LogP contribution in [0.15, 0.2) is 15.9 Å². The van der Waals surface area contributed by atoms with Gasteiger partial charge in [0.25, 0.3) is 0 Å². The lowest BCUT2D eigenvalue weighted by atomic mass is 10.4. The number of hydrogen-bond acceptors (Lipinski definition) is 4. The monoisotopic (exact) mass is 350 g/mol. The summed E-state index contributed by atoms with van der Waals surface area (Å²) in [7, 11) is 1.50. The Kier molecular flexibility index (Phi) is 6.82. The van der Waals surface area contributed by atoms with Crippen LogP contribution in [0.25, 0.3) is 0 Å². The number of nitrogens with zero attached hydrogens (tertiary/aromatic N) is 1. The normalized spacial score (nSPS) is 10.2. The van der Waals surface area contributed by atoms with Crippen molar-refractivity contribution in [3.63, 3.8) is 0 Å². The van der Waals surface area contributed by atoms with Gasteiger partial charge in [0.1, 0.15) is 6.54 Å². The molecule has 1 rings (SSSR count). The summed E-state index contributed by atoms with van der Waals surface area (Å²) in [6.07, 6.45) is 0. The number of aliphatic carboxylic acids is 1. The number of carbonyl (C=O) groups excluding carboxylic acids is 1. The van der Waals surface area contributed by atoms with Gasteiger partial charge in [-0.3, -0.25) is 4.79 Å². The SMILES string of the molecule is COCCN(CC(=O)O)C(=O)NCc1sccc1Br. The average molecular weight is 351 g/mol. The Labute approximate surface area is 123 Å². The molecule has 106 valence electrons. The van der Waals surface area contributed by atoms with Gasteiger partial charge < -0.3 is 20.1 Å². The van der Waals surface area contributed by atoms with Crippen LogP contribution < -0.4 is 5.32 Å². The average Bonchev–Trinajstić information content (AvgIpc) is 2.76. The van der Waals surface area contributed by atoms with Crippen LogP contribution in [0, 0.1) is 0 Å². The van der Waals surface area contributed by atoms with E-state index in [-0.39, 0.29) is 13.1 Å². The lowest BCUT2D eigenvalue weighted by Crippen LogP contribution is -2.44. The summed E-state index contributed by atoms with van der Waals surface area (Å²) in [4.78, 5) is 24.8. The van der Waals surface area contributed by atoms with Crippen molar-refractivity contribution < 1.29 is 19.4 Å². The molecule has 0 fully saturated rings. The van der Waals surface area contributed by atoms with Gasteiger partial charge in [0, 0.05) is 23.0 Å². The fourth-order valence-corrected chi connectivity index (χ4v) is 2.77. The van der Waals surface area contributed by atoms with Gasteiger partial charge in [0.05, 0.1) is 13.2 Å². The lowest BCUT2D eigenvalue weighted by Gasteiger charge is -2.20. The highest BCUT2D eigenvalue weighted by Crippen LogP contribution is 2.22. The van der Waals surface area contributed by atoms with Crippen molar-refractivity contribution in [3.05, 3.63) is 20.8 Å². The van der Waals surface area contributed by atoms with Gasteiger partial charge in [0.2, 0.25) is 0 Å². The second kappa shape index (κ2) is 8.13. The molecule has 8 heteroatoms. The summed E-state index contributed by atoms with van der Waals surface area (Å²) in [5, 5.41) is 13.4. The van der Waals surface area contributed by atoms with Gasteiger partial charge in [-0.15, -0.1) is 11.3 Å². The van der Waals surface area contributed by atoms with Crippen molar-refractivity contribution in [1.82, 2.24) is 10.2 Å². The summed E-state index contributed by atoms with van der Waals surface area (Å²) in [6, 6.07) is 1.48. The predicted molar refractivity (Wildman–Crippen MR) is 75.3 cm³/mol. The summed E-state index contributed by atoms with van der Waals surface area (Å²) in [6.45, 7) is 0.546. The number of ether oxygens (including phenoxy) is 1. The first-order valence-corrected chi connectivity index (χ1v) is 7.17. The van der Waals surface area contributed by atoms with Gasteiger partial charge in [-0.2, -0.15) is 0 Å². The first-order valence-electron chi connectivity index (χ1n) is 5.50. The summed E-state index contributed by atoms with van der Waals surface area (Å²) in [5.74, 6) is -1.05. The summed E-state index contributed by atoms with van der Waals surface area (Å²) in [5.41, 5.74) is 0. The highest BCUT2D eigenvalue weighted by atomic mass is 79.9. The first-order chi connectivity index (χ1) is 9.04. The minimum Gasteiger partial charge on any atom is -0.480 e. The molecule has 2 N–H and O–H groups in total. The zero-order valence-electron chi connectivity index (χ0n) is 10.4. The van der Waals surface area contributed by atoms with Crippen LogP contribution in [0.3, 0.4) is 0 Å². The number of hydrogen-bond donors (Lipinski definition) is 2. The number of methoxy groups -OCH3 is 1. The lowest BCUT2D eigenvalue weighted by molar-refractivity contribution is -0.137. The Bertz CT molecular complexity index is 438. The van der Waals surface area contributed by atoms with Crippen molar-refractivity contribution in [2.24, 2.45) is 0 Å². The molecular weight excluding hydrogens is 336 g/mol. The smallest absolute Gasteiger partial charge is 0.323 e. The van der Waals surface area contributed by atoms with Crippen molar-refractivity contribution in [3.8, 4) is 0 Å². The van der Waals surface area contributed by atoms with E-state index in [1.165, 1.54) is 23.3 Å². The number of thiophene rings is 1. The maximum Gasteiger partial charge on any atom is 0.323 e. The number of halogens is 1. The molecule has 0 saturated carbocycles. The van der Waals surface area contributed by atoms with Crippen LogP contribution in [0.2, 0.25) is 0 Å². The minimum atomic E-state index is -1.05. The number of carbonyl (C=O) groups is 2. The number of nitrogens with one attached hydrogen (secondary N) is 1. The van der Waals surface area contributed by atoms with Crippen LogP contribution in [0.5, 0.6) is 0 Å². The van der Waals surface area contributed by atoms with E-state index < -0.39 is 12.0 Å². The summed E-state index contributed by atoms with van der Waals surface area (Å²) < 4.78 is 5.78. The Morgan fingerprint density at radius 2 is 2.32 bits per heavy atom. The molecule has 19 heavy (non-hydrogen) atoms. The molecule has 1 aromatic rings. The fraction of sp³-hybridized carbons (Fsp3) is 0.455. The maximum atomic E-state index is 11.9. The fourth-order valence-electron chi connectivity index (χ4n) is 1.34. The van der Waals surface area contributed by atoms with Crippen LogP contribution in [0.1, 0.15) is 4.88 Å². The molecule has 0 aromatic carbocycles. The number of amides is 2. The number of carboxylic acids is 1. The molecule has 0 aliphatic rings. The Hall–Kier alpha value is -1.12. The largest absolute Gasteiger partial charge is 0.480 e. The second-order valence-electron chi connectivity index (χ2n) is 3.66. The molecule has 0 unspecified atom stereocenters. The van der Waals surface area contributed by atoms with E-state index in [1.54, 1.807) is 0 Å². The van der Waals surface area contributed by atoms with Crippen LogP contribution in [-0.2, 0) is 16.1 Å². The molecule has 0 bridgehead atoms. The molecule has 6 nitrogen and oxygen atoms in total. The van der Waals surface area contributed by atoms with Crippen molar-refractivity contribution in [2.45, 2.75) is 6.54 Å².